The van der Waals surface area contributed by atoms with Gasteiger partial charge in [-0.3, -0.25) is 9.52 Å². The Balaban J connectivity index is 1.85. The first-order chi connectivity index (χ1) is 14.0. The lowest BCUT2D eigenvalue weighted by molar-refractivity contribution is -0.143. The molecule has 0 saturated carbocycles. The first-order valence-electron chi connectivity index (χ1n) is 9.65. The zero-order valence-electron chi connectivity index (χ0n) is 17.2. The summed E-state index contributed by atoms with van der Waals surface area (Å²) in [5, 5.41) is 4.05. The SMILES string of the molecule is CCOC(=O)CC(NSc1ccc(C)cc1)c1cccc(-c2c(C)noc2C)c1. The molecule has 1 N–H and O–H groups in total. The van der Waals surface area contributed by atoms with E-state index in [2.05, 4.69) is 47.1 Å². The van der Waals surface area contributed by atoms with Gasteiger partial charge in [0.2, 0.25) is 0 Å². The van der Waals surface area contributed by atoms with Crippen LogP contribution in [0.5, 0.6) is 0 Å². The van der Waals surface area contributed by atoms with E-state index >= 15 is 0 Å². The molecule has 0 radical (unpaired) electrons. The molecular weight excluding hydrogens is 384 g/mol. The number of aryl methyl sites for hydroxylation is 3. The van der Waals surface area contributed by atoms with Gasteiger partial charge in [-0.05, 0) is 69.0 Å². The van der Waals surface area contributed by atoms with Crippen molar-refractivity contribution in [2.45, 2.75) is 45.1 Å². The van der Waals surface area contributed by atoms with Gasteiger partial charge in [0.15, 0.2) is 0 Å². The largest absolute Gasteiger partial charge is 0.466 e. The second-order valence-corrected chi connectivity index (χ2v) is 7.83. The highest BCUT2D eigenvalue weighted by Gasteiger charge is 2.19. The van der Waals surface area contributed by atoms with Crippen molar-refractivity contribution in [2.24, 2.45) is 0 Å². The predicted molar refractivity (Wildman–Crippen MR) is 116 cm³/mol. The molecule has 29 heavy (non-hydrogen) atoms. The summed E-state index contributed by atoms with van der Waals surface area (Å²) in [6, 6.07) is 16.2. The molecular formula is C23H26N2O3S. The van der Waals surface area contributed by atoms with E-state index in [0.29, 0.717) is 6.61 Å². The maximum absolute atomic E-state index is 12.2. The Kier molecular flexibility index (Phi) is 7.12. The minimum atomic E-state index is -0.225. The Morgan fingerprint density at radius 2 is 1.93 bits per heavy atom. The molecule has 0 saturated heterocycles. The minimum absolute atomic E-state index is 0.194. The lowest BCUT2D eigenvalue weighted by atomic mass is 9.97. The normalized spacial score (nSPS) is 12.0. The number of carbonyl (C=O) groups is 1. The van der Waals surface area contributed by atoms with Crippen LogP contribution in [-0.2, 0) is 9.53 Å². The molecule has 0 amide bonds. The van der Waals surface area contributed by atoms with E-state index in [4.69, 9.17) is 9.26 Å². The average molecular weight is 411 g/mol. The number of benzene rings is 2. The van der Waals surface area contributed by atoms with E-state index in [0.717, 1.165) is 33.0 Å². The van der Waals surface area contributed by atoms with Crippen LogP contribution in [0.4, 0.5) is 0 Å². The number of rotatable bonds is 8. The third-order valence-electron chi connectivity index (χ3n) is 4.63. The number of carbonyl (C=O) groups excluding carboxylic acids is 1. The zero-order valence-corrected chi connectivity index (χ0v) is 18.0. The molecule has 6 heteroatoms. The van der Waals surface area contributed by atoms with Crippen LogP contribution in [0.15, 0.2) is 57.9 Å². The van der Waals surface area contributed by atoms with E-state index in [9.17, 15) is 4.79 Å². The van der Waals surface area contributed by atoms with Gasteiger partial charge >= 0.3 is 5.97 Å². The Labute approximate surface area is 176 Å². The van der Waals surface area contributed by atoms with Gasteiger partial charge in [-0.2, -0.15) is 0 Å². The Bertz CT molecular complexity index is 947. The summed E-state index contributed by atoms with van der Waals surface area (Å²) < 4.78 is 13.9. The molecule has 0 fully saturated rings. The van der Waals surface area contributed by atoms with Crippen molar-refractivity contribution in [1.29, 1.82) is 0 Å². The van der Waals surface area contributed by atoms with Gasteiger partial charge in [-0.1, -0.05) is 41.1 Å². The summed E-state index contributed by atoms with van der Waals surface area (Å²) in [4.78, 5) is 13.3. The molecule has 0 aliphatic rings. The van der Waals surface area contributed by atoms with Crippen LogP contribution in [0.25, 0.3) is 11.1 Å². The molecule has 1 aromatic heterocycles. The molecule has 0 spiro atoms. The standard InChI is InChI=1S/C23H26N2O3S/c1-5-27-22(26)14-21(25-29-20-11-9-15(2)10-12-20)18-7-6-8-19(13-18)23-16(3)24-28-17(23)4/h6-13,21,25H,5,14H2,1-4H3. The molecule has 3 aromatic rings. The number of hydrogen-bond acceptors (Lipinski definition) is 6. The molecule has 1 atom stereocenters. The van der Waals surface area contributed by atoms with Gasteiger partial charge in [0.05, 0.1) is 24.8 Å². The maximum atomic E-state index is 12.2. The summed E-state index contributed by atoms with van der Waals surface area (Å²) >= 11 is 1.51. The number of nitrogens with zero attached hydrogens (tertiary/aromatic N) is 1. The Morgan fingerprint density at radius 3 is 2.59 bits per heavy atom. The van der Waals surface area contributed by atoms with Crippen LogP contribution < -0.4 is 4.72 Å². The molecule has 1 unspecified atom stereocenters. The minimum Gasteiger partial charge on any atom is -0.466 e. The number of hydrogen-bond donors (Lipinski definition) is 1. The fourth-order valence-electron chi connectivity index (χ4n) is 3.17. The van der Waals surface area contributed by atoms with Crippen molar-refractivity contribution in [1.82, 2.24) is 9.88 Å². The Morgan fingerprint density at radius 1 is 1.17 bits per heavy atom. The molecule has 152 valence electrons. The molecule has 5 nitrogen and oxygen atoms in total. The topological polar surface area (TPSA) is 64.4 Å². The Hall–Kier alpha value is -2.57. The fourth-order valence-corrected chi connectivity index (χ4v) is 3.94. The van der Waals surface area contributed by atoms with Gasteiger partial charge in [-0.25, -0.2) is 0 Å². The van der Waals surface area contributed by atoms with Gasteiger partial charge < -0.3 is 9.26 Å². The summed E-state index contributed by atoms with van der Waals surface area (Å²) in [6.45, 7) is 8.09. The zero-order chi connectivity index (χ0) is 20.8. The average Bonchev–Trinajstić information content (AvgIpc) is 3.05. The summed E-state index contributed by atoms with van der Waals surface area (Å²) in [7, 11) is 0. The van der Waals surface area contributed by atoms with Crippen LogP contribution >= 0.6 is 11.9 Å². The van der Waals surface area contributed by atoms with Crippen LogP contribution in [0.1, 0.15) is 42.0 Å². The highest BCUT2D eigenvalue weighted by molar-refractivity contribution is 7.97. The number of ether oxygens (including phenoxy) is 1. The quantitative estimate of drug-likeness (QED) is 0.387. The third-order valence-corrected chi connectivity index (χ3v) is 5.54. The molecule has 0 bridgehead atoms. The maximum Gasteiger partial charge on any atom is 0.307 e. The summed E-state index contributed by atoms with van der Waals surface area (Å²) in [6.07, 6.45) is 0.248. The van der Waals surface area contributed by atoms with Gasteiger partial charge in [0.1, 0.15) is 5.76 Å². The van der Waals surface area contributed by atoms with Gasteiger partial charge in [0.25, 0.3) is 0 Å². The van der Waals surface area contributed by atoms with Crippen molar-refractivity contribution < 1.29 is 14.1 Å². The van der Waals surface area contributed by atoms with E-state index in [-0.39, 0.29) is 18.4 Å². The predicted octanol–water partition coefficient (Wildman–Crippen LogP) is 5.56. The van der Waals surface area contributed by atoms with Crippen LogP contribution in [0.2, 0.25) is 0 Å². The molecule has 0 aliphatic carbocycles. The molecule has 0 aliphatic heterocycles. The van der Waals surface area contributed by atoms with E-state index in [1.807, 2.05) is 39.0 Å². The smallest absolute Gasteiger partial charge is 0.307 e. The van der Waals surface area contributed by atoms with Crippen LogP contribution in [0, 0.1) is 20.8 Å². The second kappa shape index (κ2) is 9.76. The van der Waals surface area contributed by atoms with Gasteiger partial charge in [0, 0.05) is 10.5 Å². The molecule has 1 heterocycles. The van der Waals surface area contributed by atoms with E-state index in [1.165, 1.54) is 17.5 Å². The molecule has 3 rings (SSSR count). The second-order valence-electron chi connectivity index (χ2n) is 6.92. The van der Waals surface area contributed by atoms with Crippen LogP contribution in [-0.4, -0.2) is 17.7 Å². The number of aromatic nitrogens is 1. The number of esters is 1. The fraction of sp³-hybridized carbons (Fsp3) is 0.304. The first-order valence-corrected chi connectivity index (χ1v) is 10.5. The molecule has 2 aromatic carbocycles. The highest BCUT2D eigenvalue weighted by atomic mass is 32.2. The highest BCUT2D eigenvalue weighted by Crippen LogP contribution is 2.31. The third kappa shape index (κ3) is 5.49. The first kappa shape index (κ1) is 21.1. The van der Waals surface area contributed by atoms with Crippen molar-refractivity contribution in [2.75, 3.05) is 6.61 Å². The lowest BCUT2D eigenvalue weighted by Gasteiger charge is -2.19. The lowest BCUT2D eigenvalue weighted by Crippen LogP contribution is -2.19. The van der Waals surface area contributed by atoms with Crippen molar-refractivity contribution in [3.05, 3.63) is 71.1 Å². The monoisotopic (exact) mass is 410 g/mol. The summed E-state index contributed by atoms with van der Waals surface area (Å²) in [5.74, 6) is 0.556. The van der Waals surface area contributed by atoms with Gasteiger partial charge in [-0.15, -0.1) is 0 Å². The van der Waals surface area contributed by atoms with Crippen molar-refractivity contribution in [3.63, 3.8) is 0 Å². The number of nitrogens with one attached hydrogen (secondary N) is 1. The van der Waals surface area contributed by atoms with E-state index in [1.54, 1.807) is 0 Å². The van der Waals surface area contributed by atoms with Crippen molar-refractivity contribution >= 4 is 17.9 Å². The summed E-state index contributed by atoms with van der Waals surface area (Å²) in [5.41, 5.74) is 5.09. The van der Waals surface area contributed by atoms with Crippen LogP contribution in [0.3, 0.4) is 0 Å². The van der Waals surface area contributed by atoms with Crippen molar-refractivity contribution in [3.8, 4) is 11.1 Å². The van der Waals surface area contributed by atoms with E-state index < -0.39 is 0 Å².